The first-order chi connectivity index (χ1) is 14.2. The predicted molar refractivity (Wildman–Crippen MR) is 117 cm³/mol. The van der Waals surface area contributed by atoms with Crippen LogP contribution in [0.4, 0.5) is 17.2 Å². The van der Waals surface area contributed by atoms with E-state index in [2.05, 4.69) is 44.9 Å². The molecular formula is C24H22IrN5. The van der Waals surface area contributed by atoms with E-state index in [0.29, 0.717) is 0 Å². The number of hydrogen-bond donors (Lipinski definition) is 0. The van der Waals surface area contributed by atoms with Crippen LogP contribution < -0.4 is 9.80 Å². The van der Waals surface area contributed by atoms with Crippen molar-refractivity contribution in [3.8, 4) is 11.4 Å². The third-order valence-electron chi connectivity index (χ3n) is 4.83. The van der Waals surface area contributed by atoms with Crippen molar-refractivity contribution in [2.24, 2.45) is 7.05 Å². The first-order valence-corrected chi connectivity index (χ1v) is 9.38. The van der Waals surface area contributed by atoms with Crippen LogP contribution >= 0.6 is 0 Å². The normalized spacial score (nSPS) is 14.4. The van der Waals surface area contributed by atoms with E-state index in [9.17, 15) is 0 Å². The number of anilines is 3. The van der Waals surface area contributed by atoms with Gasteiger partial charge in [0.2, 0.25) is 0 Å². The number of hydrogen-bond acceptors (Lipinski definition) is 4. The van der Waals surface area contributed by atoms with Crippen LogP contribution in [0.5, 0.6) is 0 Å². The summed E-state index contributed by atoms with van der Waals surface area (Å²) in [6.45, 7) is 4.18. The third-order valence-corrected chi connectivity index (χ3v) is 4.83. The summed E-state index contributed by atoms with van der Waals surface area (Å²) < 4.78 is 1.98. The maximum Gasteiger partial charge on any atom is 3.00 e. The van der Waals surface area contributed by atoms with Gasteiger partial charge < -0.3 is 21.3 Å². The van der Waals surface area contributed by atoms with Gasteiger partial charge in [0.25, 0.3) is 0 Å². The summed E-state index contributed by atoms with van der Waals surface area (Å²) in [5, 5.41) is 0. The van der Waals surface area contributed by atoms with E-state index in [0.717, 1.165) is 28.6 Å². The van der Waals surface area contributed by atoms with Gasteiger partial charge in [-0.05, 0) is 18.3 Å². The van der Waals surface area contributed by atoms with E-state index in [1.807, 2.05) is 79.5 Å². The van der Waals surface area contributed by atoms with Gasteiger partial charge in [-0.2, -0.15) is 24.3 Å². The van der Waals surface area contributed by atoms with Crippen molar-refractivity contribution in [1.29, 1.82) is 0 Å². The first kappa shape index (κ1) is 21.8. The molecule has 4 aromatic rings. The molecule has 0 bridgehead atoms. The SMILES string of the molecule is Cn1ccnc1-c1[c-]cccc1.[CH2-]C1N(C)c2ncccc2N1c1[c-]cccc1.[Ir+3]. The number of imidazole rings is 1. The number of para-hydroxylation sites is 1. The Kier molecular flexibility index (Phi) is 7.03. The van der Waals surface area contributed by atoms with Crippen molar-refractivity contribution in [3.63, 3.8) is 0 Å². The van der Waals surface area contributed by atoms with E-state index in [-0.39, 0.29) is 26.3 Å². The van der Waals surface area contributed by atoms with E-state index in [4.69, 9.17) is 0 Å². The monoisotopic (exact) mass is 573 g/mol. The molecule has 2 aromatic carbocycles. The Bertz CT molecular complexity index is 1070. The average Bonchev–Trinajstić information content (AvgIpc) is 3.31. The van der Waals surface area contributed by atoms with Crippen molar-refractivity contribution in [1.82, 2.24) is 14.5 Å². The number of nitrogens with zero attached hydrogens (tertiary/aromatic N) is 5. The number of fused-ring (bicyclic) bond motifs is 1. The van der Waals surface area contributed by atoms with Crippen LogP contribution in [0, 0.1) is 19.1 Å². The Morgan fingerprint density at radius 1 is 0.900 bits per heavy atom. The Hall–Kier alpha value is -2.95. The van der Waals surface area contributed by atoms with E-state index in [1.165, 1.54) is 0 Å². The van der Waals surface area contributed by atoms with E-state index < -0.39 is 0 Å². The summed E-state index contributed by atoms with van der Waals surface area (Å²) in [6, 6.07) is 26.1. The van der Waals surface area contributed by atoms with Gasteiger partial charge >= 0.3 is 20.1 Å². The second-order valence-electron chi connectivity index (χ2n) is 6.69. The van der Waals surface area contributed by atoms with Crippen molar-refractivity contribution in [2.45, 2.75) is 6.17 Å². The summed E-state index contributed by atoms with van der Waals surface area (Å²) in [7, 11) is 3.98. The van der Waals surface area contributed by atoms with Gasteiger partial charge in [-0.25, -0.2) is 4.98 Å². The van der Waals surface area contributed by atoms with Gasteiger partial charge in [0.15, 0.2) is 5.82 Å². The second kappa shape index (κ2) is 9.70. The molecule has 152 valence electrons. The molecule has 0 aliphatic carbocycles. The van der Waals surface area contributed by atoms with Crippen LogP contribution in [0.15, 0.2) is 79.3 Å². The summed E-state index contributed by atoms with van der Waals surface area (Å²) in [5.74, 6) is 1.92. The number of benzene rings is 2. The third kappa shape index (κ3) is 4.30. The molecule has 5 nitrogen and oxygen atoms in total. The summed E-state index contributed by atoms with van der Waals surface area (Å²) in [5.41, 5.74) is 3.13. The van der Waals surface area contributed by atoms with Gasteiger partial charge in [-0.1, -0.05) is 5.69 Å². The van der Waals surface area contributed by atoms with E-state index >= 15 is 0 Å². The summed E-state index contributed by atoms with van der Waals surface area (Å²) >= 11 is 0. The molecule has 0 radical (unpaired) electrons. The molecule has 6 heteroatoms. The molecule has 1 aliphatic rings. The van der Waals surface area contributed by atoms with Crippen LogP contribution in [0.3, 0.4) is 0 Å². The molecule has 30 heavy (non-hydrogen) atoms. The molecule has 0 fully saturated rings. The zero-order chi connectivity index (χ0) is 20.2. The molecule has 1 aliphatic heterocycles. The Labute approximate surface area is 191 Å². The number of aryl methyl sites for hydroxylation is 1. The smallest absolute Gasteiger partial charge is 0.373 e. The van der Waals surface area contributed by atoms with Crippen molar-refractivity contribution >= 4 is 17.2 Å². The molecule has 5 rings (SSSR count). The Morgan fingerprint density at radius 3 is 2.30 bits per heavy atom. The minimum Gasteiger partial charge on any atom is -0.373 e. The first-order valence-electron chi connectivity index (χ1n) is 9.38. The van der Waals surface area contributed by atoms with Crippen LogP contribution in [0.25, 0.3) is 11.4 Å². The van der Waals surface area contributed by atoms with Crippen LogP contribution in [0.2, 0.25) is 0 Å². The number of rotatable bonds is 2. The summed E-state index contributed by atoms with van der Waals surface area (Å²) in [6.07, 6.45) is 5.53. The van der Waals surface area contributed by atoms with Gasteiger partial charge in [0, 0.05) is 32.7 Å². The predicted octanol–water partition coefficient (Wildman–Crippen LogP) is 4.51. The van der Waals surface area contributed by atoms with Crippen LogP contribution in [-0.4, -0.2) is 27.7 Å². The molecule has 1 atom stereocenters. The minimum absolute atomic E-state index is 0. The van der Waals surface area contributed by atoms with Crippen molar-refractivity contribution in [2.75, 3.05) is 16.8 Å². The molecule has 0 spiro atoms. The van der Waals surface area contributed by atoms with Gasteiger partial charge in [-0.15, -0.1) is 42.0 Å². The average molecular weight is 573 g/mol. The van der Waals surface area contributed by atoms with Crippen molar-refractivity contribution in [3.05, 3.63) is 98.3 Å². The fraction of sp³-hybridized carbons (Fsp3) is 0.125. The molecule has 0 amide bonds. The van der Waals surface area contributed by atoms with Gasteiger partial charge in [0.1, 0.15) is 0 Å². The number of aromatic nitrogens is 3. The zero-order valence-corrected chi connectivity index (χ0v) is 19.3. The molecule has 0 saturated heterocycles. The molecule has 2 aromatic heterocycles. The van der Waals surface area contributed by atoms with Crippen molar-refractivity contribution < 1.29 is 20.1 Å². The fourth-order valence-electron chi connectivity index (χ4n) is 3.30. The second-order valence-corrected chi connectivity index (χ2v) is 6.69. The largest absolute Gasteiger partial charge is 3.00 e. The Morgan fingerprint density at radius 2 is 1.67 bits per heavy atom. The zero-order valence-electron chi connectivity index (χ0n) is 16.9. The van der Waals surface area contributed by atoms with E-state index in [1.54, 1.807) is 12.4 Å². The molecule has 0 N–H and O–H groups in total. The maximum absolute atomic E-state index is 4.40. The molecule has 0 saturated carbocycles. The maximum atomic E-state index is 4.40. The molecular weight excluding hydrogens is 551 g/mol. The fourth-order valence-corrected chi connectivity index (χ4v) is 3.30. The standard InChI is InChI=1S/C14H13N3.C10H9N2.Ir/c1-11-16(2)14-13(9-6-10-15-14)17(11)12-7-4-3-5-8-12;1-12-8-7-11-10(12)9-5-3-2-4-6-9;/h3-7,9-11H,1H2,2H3;2-5,7-8H,1H3;/q-2;-1;+3. The summed E-state index contributed by atoms with van der Waals surface area (Å²) in [4.78, 5) is 12.8. The molecule has 3 heterocycles. The van der Waals surface area contributed by atoms with Crippen LogP contribution in [-0.2, 0) is 27.2 Å². The van der Waals surface area contributed by atoms with Gasteiger partial charge in [0.05, 0.1) is 11.5 Å². The Balaban J connectivity index is 0.000000175. The van der Waals surface area contributed by atoms with Gasteiger partial charge in [-0.3, -0.25) is 4.98 Å². The number of pyridine rings is 1. The van der Waals surface area contributed by atoms with Crippen LogP contribution in [0.1, 0.15) is 0 Å². The minimum atomic E-state index is 0. The topological polar surface area (TPSA) is 37.2 Å². The molecule has 1 unspecified atom stereocenters. The quantitative estimate of drug-likeness (QED) is 0.331.